The highest BCUT2D eigenvalue weighted by molar-refractivity contribution is 7.13. The molecule has 20 heavy (non-hydrogen) atoms. The van der Waals surface area contributed by atoms with E-state index in [0.717, 1.165) is 5.56 Å². The Bertz CT molecular complexity index is 594. The summed E-state index contributed by atoms with van der Waals surface area (Å²) >= 11 is 1.32. The Morgan fingerprint density at radius 2 is 2.05 bits per heavy atom. The van der Waals surface area contributed by atoms with Gasteiger partial charge in [0.2, 0.25) is 11.8 Å². The molecule has 2 amide bonds. The third-order valence-corrected chi connectivity index (χ3v) is 3.02. The van der Waals surface area contributed by atoms with Crippen LogP contribution >= 0.6 is 11.3 Å². The van der Waals surface area contributed by atoms with Crippen molar-refractivity contribution in [2.24, 2.45) is 0 Å². The maximum atomic E-state index is 11.5. The number of amides is 2. The van der Waals surface area contributed by atoms with Crippen molar-refractivity contribution in [2.45, 2.75) is 0 Å². The van der Waals surface area contributed by atoms with Crippen molar-refractivity contribution in [2.75, 3.05) is 11.9 Å². The van der Waals surface area contributed by atoms with Gasteiger partial charge >= 0.3 is 0 Å². The minimum Gasteiger partial charge on any atom is -0.343 e. The molecule has 0 aliphatic rings. The number of carbonyl (C=O) groups excluding carboxylic acids is 2. The molecule has 2 N–H and O–H groups in total. The van der Waals surface area contributed by atoms with Crippen molar-refractivity contribution in [3.05, 3.63) is 53.5 Å². The number of rotatable bonds is 5. The summed E-state index contributed by atoms with van der Waals surface area (Å²) in [5.41, 5.74) is 0.926. The molecule has 102 valence electrons. The summed E-state index contributed by atoms with van der Waals surface area (Å²) in [5.74, 6) is -0.621. The van der Waals surface area contributed by atoms with Gasteiger partial charge < -0.3 is 10.6 Å². The topological polar surface area (TPSA) is 71.1 Å². The van der Waals surface area contributed by atoms with E-state index in [0.29, 0.717) is 5.13 Å². The average molecular weight is 287 g/mol. The lowest BCUT2D eigenvalue weighted by atomic mass is 10.2. The summed E-state index contributed by atoms with van der Waals surface area (Å²) in [6.45, 7) is -0.0858. The highest BCUT2D eigenvalue weighted by atomic mass is 32.1. The quantitative estimate of drug-likeness (QED) is 0.825. The first-order valence-corrected chi connectivity index (χ1v) is 6.82. The van der Waals surface area contributed by atoms with Crippen LogP contribution in [0.2, 0.25) is 0 Å². The molecule has 1 aromatic carbocycles. The normalized spacial score (nSPS) is 10.4. The highest BCUT2D eigenvalue weighted by Gasteiger charge is 2.04. The predicted octanol–water partition coefficient (Wildman–Crippen LogP) is 1.91. The SMILES string of the molecule is O=C(/C=C/c1ccccc1)NCC(=O)Nc1nccs1. The second-order valence-corrected chi connectivity index (χ2v) is 4.74. The molecular weight excluding hydrogens is 274 g/mol. The highest BCUT2D eigenvalue weighted by Crippen LogP contribution is 2.09. The number of nitrogens with one attached hydrogen (secondary N) is 2. The smallest absolute Gasteiger partial charge is 0.245 e. The van der Waals surface area contributed by atoms with E-state index < -0.39 is 0 Å². The molecule has 0 saturated carbocycles. The number of anilines is 1. The summed E-state index contributed by atoms with van der Waals surface area (Å²) in [4.78, 5) is 27.0. The Labute approximate surface area is 120 Å². The number of carbonyl (C=O) groups is 2. The molecule has 2 aromatic rings. The van der Waals surface area contributed by atoms with E-state index >= 15 is 0 Å². The fraction of sp³-hybridized carbons (Fsp3) is 0.0714. The minimum atomic E-state index is -0.317. The van der Waals surface area contributed by atoms with Gasteiger partial charge in [0.1, 0.15) is 0 Å². The molecule has 6 heteroatoms. The molecule has 5 nitrogen and oxygen atoms in total. The lowest BCUT2D eigenvalue weighted by Crippen LogP contribution is -2.31. The van der Waals surface area contributed by atoms with Gasteiger partial charge in [0, 0.05) is 17.7 Å². The fourth-order valence-electron chi connectivity index (χ4n) is 1.41. The number of benzene rings is 1. The zero-order valence-corrected chi connectivity index (χ0v) is 11.4. The van der Waals surface area contributed by atoms with E-state index in [4.69, 9.17) is 0 Å². The van der Waals surface area contributed by atoms with Crippen molar-refractivity contribution in [1.82, 2.24) is 10.3 Å². The van der Waals surface area contributed by atoms with Gasteiger partial charge in [0.25, 0.3) is 0 Å². The molecule has 0 fully saturated rings. The molecule has 0 atom stereocenters. The van der Waals surface area contributed by atoms with Crippen LogP contribution in [0, 0.1) is 0 Å². The maximum absolute atomic E-state index is 11.5. The van der Waals surface area contributed by atoms with E-state index in [1.807, 2.05) is 30.3 Å². The molecule has 1 heterocycles. The Balaban J connectivity index is 1.75. The summed E-state index contributed by atoms with van der Waals surface area (Å²) < 4.78 is 0. The number of aromatic nitrogens is 1. The molecule has 0 unspecified atom stereocenters. The van der Waals surface area contributed by atoms with Crippen LogP contribution in [-0.2, 0) is 9.59 Å². The summed E-state index contributed by atoms with van der Waals surface area (Å²) in [7, 11) is 0. The summed E-state index contributed by atoms with van der Waals surface area (Å²) in [6.07, 6.45) is 4.68. The van der Waals surface area contributed by atoms with E-state index in [1.54, 1.807) is 17.7 Å². The van der Waals surface area contributed by atoms with Gasteiger partial charge in [-0.15, -0.1) is 11.3 Å². The van der Waals surface area contributed by atoms with Crippen LogP contribution in [-0.4, -0.2) is 23.3 Å². The minimum absolute atomic E-state index is 0.0858. The third-order valence-electron chi connectivity index (χ3n) is 2.33. The monoisotopic (exact) mass is 287 g/mol. The van der Waals surface area contributed by atoms with Crippen molar-refractivity contribution < 1.29 is 9.59 Å². The van der Waals surface area contributed by atoms with Gasteiger partial charge in [-0.25, -0.2) is 4.98 Å². The predicted molar refractivity (Wildman–Crippen MR) is 79.2 cm³/mol. The number of thiazole rings is 1. The zero-order valence-electron chi connectivity index (χ0n) is 10.6. The van der Waals surface area contributed by atoms with Crippen LogP contribution in [0.15, 0.2) is 48.0 Å². The van der Waals surface area contributed by atoms with E-state index in [1.165, 1.54) is 17.4 Å². The Hall–Kier alpha value is -2.47. The van der Waals surface area contributed by atoms with Crippen molar-refractivity contribution in [1.29, 1.82) is 0 Å². The fourth-order valence-corrected chi connectivity index (χ4v) is 1.96. The molecule has 2 rings (SSSR count). The first-order chi connectivity index (χ1) is 9.74. The largest absolute Gasteiger partial charge is 0.343 e. The van der Waals surface area contributed by atoms with Gasteiger partial charge in [-0.3, -0.25) is 9.59 Å². The molecule has 0 aliphatic heterocycles. The van der Waals surface area contributed by atoms with Gasteiger partial charge in [-0.1, -0.05) is 30.3 Å². The van der Waals surface area contributed by atoms with Crippen LogP contribution in [0.5, 0.6) is 0 Å². The summed E-state index contributed by atoms with van der Waals surface area (Å²) in [5, 5.41) is 7.36. The van der Waals surface area contributed by atoms with E-state index in [-0.39, 0.29) is 18.4 Å². The first kappa shape index (κ1) is 14.0. The van der Waals surface area contributed by atoms with Crippen LogP contribution in [0.4, 0.5) is 5.13 Å². The third kappa shape index (κ3) is 4.66. The zero-order chi connectivity index (χ0) is 14.2. The van der Waals surface area contributed by atoms with Gasteiger partial charge in [0.05, 0.1) is 6.54 Å². The van der Waals surface area contributed by atoms with Gasteiger partial charge in [-0.2, -0.15) is 0 Å². The molecule has 1 aromatic heterocycles. The van der Waals surface area contributed by atoms with Crippen molar-refractivity contribution in [3.8, 4) is 0 Å². The molecule has 0 radical (unpaired) electrons. The van der Waals surface area contributed by atoms with Crippen molar-refractivity contribution in [3.63, 3.8) is 0 Å². The van der Waals surface area contributed by atoms with Crippen LogP contribution in [0.25, 0.3) is 6.08 Å². The molecular formula is C14H13N3O2S. The molecule has 0 bridgehead atoms. The maximum Gasteiger partial charge on any atom is 0.245 e. The number of nitrogens with zero attached hydrogens (tertiary/aromatic N) is 1. The molecule has 0 saturated heterocycles. The summed E-state index contributed by atoms with van der Waals surface area (Å²) in [6, 6.07) is 9.45. The van der Waals surface area contributed by atoms with Crippen molar-refractivity contribution >= 4 is 34.4 Å². The second-order valence-electron chi connectivity index (χ2n) is 3.85. The first-order valence-electron chi connectivity index (χ1n) is 5.94. The standard InChI is InChI=1S/C14H13N3O2S/c18-12(7-6-11-4-2-1-3-5-11)16-10-13(19)17-14-15-8-9-20-14/h1-9H,10H2,(H,16,18)(H,15,17,19)/b7-6+. The van der Waals surface area contributed by atoms with Gasteiger partial charge in [0.15, 0.2) is 5.13 Å². The van der Waals surface area contributed by atoms with Crippen LogP contribution in [0.3, 0.4) is 0 Å². The van der Waals surface area contributed by atoms with Crippen LogP contribution < -0.4 is 10.6 Å². The second kappa shape index (κ2) is 7.20. The lowest BCUT2D eigenvalue weighted by Gasteiger charge is -2.02. The number of hydrogen-bond donors (Lipinski definition) is 2. The van der Waals surface area contributed by atoms with Gasteiger partial charge in [-0.05, 0) is 11.6 Å². The van der Waals surface area contributed by atoms with E-state index in [9.17, 15) is 9.59 Å². The molecule has 0 aliphatic carbocycles. The Morgan fingerprint density at radius 1 is 1.25 bits per heavy atom. The van der Waals surface area contributed by atoms with Crippen LogP contribution in [0.1, 0.15) is 5.56 Å². The molecule has 0 spiro atoms. The average Bonchev–Trinajstić information content (AvgIpc) is 2.97. The Kier molecular flexibility index (Phi) is 5.02. The number of hydrogen-bond acceptors (Lipinski definition) is 4. The van der Waals surface area contributed by atoms with E-state index in [2.05, 4.69) is 15.6 Å². The lowest BCUT2D eigenvalue weighted by molar-refractivity contribution is -0.121. The Morgan fingerprint density at radius 3 is 2.75 bits per heavy atom.